The number of carboxylic acids is 1. The molecule has 7 heteroatoms. The molecular formula is C10H17F3N2O2. The average molecular weight is 254 g/mol. The van der Waals surface area contributed by atoms with Crippen molar-refractivity contribution in [2.24, 2.45) is 0 Å². The molecule has 1 rings (SSSR count). The predicted molar refractivity (Wildman–Crippen MR) is 55.8 cm³/mol. The fraction of sp³-hybridized carbons (Fsp3) is 0.900. The normalized spacial score (nSPS) is 19.5. The van der Waals surface area contributed by atoms with Crippen LogP contribution in [0.5, 0.6) is 0 Å². The molecule has 0 bridgehead atoms. The third-order valence-corrected chi connectivity index (χ3v) is 2.82. The summed E-state index contributed by atoms with van der Waals surface area (Å²) in [5.74, 6) is -0.843. The van der Waals surface area contributed by atoms with E-state index < -0.39 is 18.6 Å². The SMILES string of the molecule is O=C(O)CCN1CCN(CCC(F)(F)F)CC1. The Balaban J connectivity index is 2.15. The van der Waals surface area contributed by atoms with Crippen molar-refractivity contribution in [3.05, 3.63) is 0 Å². The first-order valence-corrected chi connectivity index (χ1v) is 5.60. The lowest BCUT2D eigenvalue weighted by Gasteiger charge is -2.34. The monoisotopic (exact) mass is 254 g/mol. The van der Waals surface area contributed by atoms with Crippen molar-refractivity contribution in [2.75, 3.05) is 39.3 Å². The van der Waals surface area contributed by atoms with Crippen molar-refractivity contribution >= 4 is 5.97 Å². The van der Waals surface area contributed by atoms with Gasteiger partial charge in [0, 0.05) is 39.3 Å². The number of hydrogen-bond acceptors (Lipinski definition) is 3. The van der Waals surface area contributed by atoms with Gasteiger partial charge in [-0.3, -0.25) is 4.79 Å². The molecule has 1 N–H and O–H groups in total. The minimum absolute atomic E-state index is 0.0380. The third kappa shape index (κ3) is 6.48. The van der Waals surface area contributed by atoms with Crippen LogP contribution in [0.15, 0.2) is 0 Å². The summed E-state index contributed by atoms with van der Waals surface area (Å²) in [6.45, 7) is 2.96. The van der Waals surface area contributed by atoms with E-state index in [1.165, 1.54) is 0 Å². The Morgan fingerprint density at radius 3 is 1.94 bits per heavy atom. The fourth-order valence-corrected chi connectivity index (χ4v) is 1.78. The third-order valence-electron chi connectivity index (χ3n) is 2.82. The molecule has 1 aliphatic heterocycles. The number of carboxylic acid groups (broad SMARTS) is 1. The molecule has 0 aliphatic carbocycles. The van der Waals surface area contributed by atoms with Crippen molar-refractivity contribution < 1.29 is 23.1 Å². The second-order valence-corrected chi connectivity index (χ2v) is 4.19. The van der Waals surface area contributed by atoms with Crippen LogP contribution in [0.25, 0.3) is 0 Å². The van der Waals surface area contributed by atoms with Crippen LogP contribution in [-0.2, 0) is 4.79 Å². The van der Waals surface area contributed by atoms with E-state index in [9.17, 15) is 18.0 Å². The van der Waals surface area contributed by atoms with Gasteiger partial charge in [0.05, 0.1) is 12.8 Å². The summed E-state index contributed by atoms with van der Waals surface area (Å²) in [5, 5.41) is 8.51. The molecule has 1 aliphatic rings. The number of alkyl halides is 3. The number of halogens is 3. The van der Waals surface area contributed by atoms with Crippen LogP contribution in [0.1, 0.15) is 12.8 Å². The molecule has 17 heavy (non-hydrogen) atoms. The van der Waals surface area contributed by atoms with Crippen molar-refractivity contribution in [3.8, 4) is 0 Å². The van der Waals surface area contributed by atoms with Crippen LogP contribution in [0.2, 0.25) is 0 Å². The van der Waals surface area contributed by atoms with Crippen LogP contribution in [0.4, 0.5) is 13.2 Å². The van der Waals surface area contributed by atoms with E-state index in [1.807, 2.05) is 4.90 Å². The van der Waals surface area contributed by atoms with Gasteiger partial charge in [0.25, 0.3) is 0 Å². The van der Waals surface area contributed by atoms with Crippen LogP contribution in [0.3, 0.4) is 0 Å². The first-order valence-electron chi connectivity index (χ1n) is 5.60. The Morgan fingerprint density at radius 2 is 1.53 bits per heavy atom. The first-order chi connectivity index (χ1) is 7.87. The fourth-order valence-electron chi connectivity index (χ4n) is 1.78. The minimum Gasteiger partial charge on any atom is -0.481 e. The van der Waals surface area contributed by atoms with E-state index in [1.54, 1.807) is 4.90 Å². The molecule has 100 valence electrons. The maximum Gasteiger partial charge on any atom is 0.390 e. The summed E-state index contributed by atoms with van der Waals surface area (Å²) in [4.78, 5) is 14.1. The Morgan fingerprint density at radius 1 is 1.06 bits per heavy atom. The van der Waals surface area contributed by atoms with Crippen molar-refractivity contribution in [2.45, 2.75) is 19.0 Å². The van der Waals surface area contributed by atoms with Gasteiger partial charge in [-0.05, 0) is 0 Å². The largest absolute Gasteiger partial charge is 0.481 e. The zero-order chi connectivity index (χ0) is 12.9. The summed E-state index contributed by atoms with van der Waals surface area (Å²) in [5.41, 5.74) is 0. The number of aliphatic carboxylic acids is 1. The van der Waals surface area contributed by atoms with Crippen molar-refractivity contribution in [1.82, 2.24) is 9.80 Å². The minimum atomic E-state index is -4.10. The number of piperazine rings is 1. The molecular weight excluding hydrogens is 237 g/mol. The summed E-state index contributed by atoms with van der Waals surface area (Å²) in [6.07, 6.45) is -4.79. The molecule has 4 nitrogen and oxygen atoms in total. The van der Waals surface area contributed by atoms with Gasteiger partial charge in [-0.2, -0.15) is 13.2 Å². The van der Waals surface area contributed by atoms with Gasteiger partial charge in [-0.15, -0.1) is 0 Å². The van der Waals surface area contributed by atoms with E-state index in [0.29, 0.717) is 32.7 Å². The van der Waals surface area contributed by atoms with Crippen LogP contribution in [-0.4, -0.2) is 66.3 Å². The van der Waals surface area contributed by atoms with E-state index in [-0.39, 0.29) is 13.0 Å². The summed E-state index contributed by atoms with van der Waals surface area (Å²) in [7, 11) is 0. The second kappa shape index (κ2) is 6.20. The van der Waals surface area contributed by atoms with Crippen LogP contribution in [0, 0.1) is 0 Å². The topological polar surface area (TPSA) is 43.8 Å². The zero-order valence-electron chi connectivity index (χ0n) is 9.54. The Labute approximate surface area is 98.0 Å². The van der Waals surface area contributed by atoms with E-state index in [0.717, 1.165) is 0 Å². The zero-order valence-corrected chi connectivity index (χ0v) is 9.54. The molecule has 0 atom stereocenters. The van der Waals surface area contributed by atoms with Gasteiger partial charge < -0.3 is 14.9 Å². The van der Waals surface area contributed by atoms with Crippen LogP contribution >= 0.6 is 0 Å². The van der Waals surface area contributed by atoms with Gasteiger partial charge in [-0.1, -0.05) is 0 Å². The van der Waals surface area contributed by atoms with Crippen molar-refractivity contribution in [3.63, 3.8) is 0 Å². The number of carbonyl (C=O) groups is 1. The summed E-state index contributed by atoms with van der Waals surface area (Å²) >= 11 is 0. The molecule has 0 saturated carbocycles. The van der Waals surface area contributed by atoms with E-state index in [2.05, 4.69) is 0 Å². The maximum absolute atomic E-state index is 12.0. The summed E-state index contributed by atoms with van der Waals surface area (Å²) in [6, 6.07) is 0. The molecule has 0 radical (unpaired) electrons. The highest BCUT2D eigenvalue weighted by Crippen LogP contribution is 2.20. The Kier molecular flexibility index (Phi) is 5.20. The van der Waals surface area contributed by atoms with E-state index in [4.69, 9.17) is 5.11 Å². The molecule has 1 saturated heterocycles. The number of rotatable bonds is 5. The highest BCUT2D eigenvalue weighted by Gasteiger charge is 2.28. The molecule has 1 heterocycles. The first kappa shape index (κ1) is 14.2. The van der Waals surface area contributed by atoms with Crippen molar-refractivity contribution in [1.29, 1.82) is 0 Å². The summed E-state index contributed by atoms with van der Waals surface area (Å²) < 4.78 is 36.0. The maximum atomic E-state index is 12.0. The standard InChI is InChI=1S/C10H17F3N2O2/c11-10(12,13)2-4-15-7-5-14(6-8-15)3-1-9(16)17/h1-8H2,(H,16,17). The lowest BCUT2D eigenvalue weighted by atomic mass is 10.2. The number of hydrogen-bond donors (Lipinski definition) is 1. The molecule has 0 aromatic carbocycles. The molecule has 0 amide bonds. The molecule has 0 aromatic heterocycles. The van der Waals surface area contributed by atoms with E-state index >= 15 is 0 Å². The number of nitrogens with zero attached hydrogens (tertiary/aromatic N) is 2. The van der Waals surface area contributed by atoms with Crippen LogP contribution < -0.4 is 0 Å². The lowest BCUT2D eigenvalue weighted by molar-refractivity contribution is -0.140. The molecule has 0 spiro atoms. The van der Waals surface area contributed by atoms with Gasteiger partial charge in [-0.25, -0.2) is 0 Å². The van der Waals surface area contributed by atoms with Gasteiger partial charge in [0.2, 0.25) is 0 Å². The van der Waals surface area contributed by atoms with Gasteiger partial charge in [0.15, 0.2) is 0 Å². The second-order valence-electron chi connectivity index (χ2n) is 4.19. The molecule has 1 fully saturated rings. The highest BCUT2D eigenvalue weighted by molar-refractivity contribution is 5.66. The molecule has 0 aromatic rings. The van der Waals surface area contributed by atoms with Gasteiger partial charge >= 0.3 is 12.1 Å². The Hall–Kier alpha value is -0.820. The smallest absolute Gasteiger partial charge is 0.390 e. The Bertz CT molecular complexity index is 250. The average Bonchev–Trinajstić information content (AvgIpc) is 2.24. The van der Waals surface area contributed by atoms with Gasteiger partial charge in [0.1, 0.15) is 0 Å². The quantitative estimate of drug-likeness (QED) is 0.796. The lowest BCUT2D eigenvalue weighted by Crippen LogP contribution is -2.47. The highest BCUT2D eigenvalue weighted by atomic mass is 19.4. The molecule has 0 unspecified atom stereocenters. The predicted octanol–water partition coefficient (Wildman–Crippen LogP) is 1.03.